The summed E-state index contributed by atoms with van der Waals surface area (Å²) in [5, 5.41) is 13.5. The van der Waals surface area contributed by atoms with Crippen molar-refractivity contribution in [2.45, 2.75) is 44.8 Å². The van der Waals surface area contributed by atoms with Gasteiger partial charge in [-0.15, -0.1) is 0 Å². The summed E-state index contributed by atoms with van der Waals surface area (Å²) >= 11 is 0. The highest BCUT2D eigenvalue weighted by molar-refractivity contribution is 5.06. The highest BCUT2D eigenvalue weighted by atomic mass is 16.3. The molecule has 0 spiro atoms. The van der Waals surface area contributed by atoms with Crippen molar-refractivity contribution < 1.29 is 5.11 Å². The summed E-state index contributed by atoms with van der Waals surface area (Å²) in [5.74, 6) is 1.31. The van der Waals surface area contributed by atoms with E-state index in [9.17, 15) is 5.11 Å². The Balaban J connectivity index is 1.89. The Morgan fingerprint density at radius 2 is 2.29 bits per heavy atom. The third-order valence-corrected chi connectivity index (χ3v) is 3.64. The van der Waals surface area contributed by atoms with Crippen LogP contribution in [0, 0.1) is 11.8 Å². The minimum Gasteiger partial charge on any atom is -0.391 e. The zero-order chi connectivity index (χ0) is 9.97. The molecule has 0 saturated heterocycles. The normalized spacial score (nSPS) is 40.0. The first-order chi connectivity index (χ1) is 6.77. The summed E-state index contributed by atoms with van der Waals surface area (Å²) in [7, 11) is 0. The van der Waals surface area contributed by atoms with Gasteiger partial charge in [0.1, 0.15) is 0 Å². The number of nitrogens with one attached hydrogen (secondary N) is 1. The van der Waals surface area contributed by atoms with Crippen molar-refractivity contribution in [3.05, 3.63) is 12.2 Å². The van der Waals surface area contributed by atoms with Crippen molar-refractivity contribution >= 4 is 0 Å². The molecule has 2 nitrogen and oxygen atoms in total. The molecule has 4 atom stereocenters. The van der Waals surface area contributed by atoms with Crippen molar-refractivity contribution in [3.8, 4) is 0 Å². The minimum absolute atomic E-state index is 0.170. The summed E-state index contributed by atoms with van der Waals surface area (Å²) in [6, 6.07) is 0.213. The maximum absolute atomic E-state index is 10.2. The second-order valence-corrected chi connectivity index (χ2v) is 4.88. The van der Waals surface area contributed by atoms with Crippen LogP contribution in [0.1, 0.15) is 32.6 Å². The molecule has 2 heteroatoms. The number of hydrogen-bond acceptors (Lipinski definition) is 2. The predicted octanol–water partition coefficient (Wildman–Crippen LogP) is 1.70. The fourth-order valence-electron chi connectivity index (χ4n) is 2.81. The third kappa shape index (κ3) is 2.18. The van der Waals surface area contributed by atoms with Gasteiger partial charge in [0, 0.05) is 6.54 Å². The quantitative estimate of drug-likeness (QED) is 0.657. The van der Waals surface area contributed by atoms with Gasteiger partial charge < -0.3 is 10.4 Å². The van der Waals surface area contributed by atoms with Gasteiger partial charge in [-0.25, -0.2) is 0 Å². The average Bonchev–Trinajstić information content (AvgIpc) is 2.69. The lowest BCUT2D eigenvalue weighted by atomic mass is 9.78. The average molecular weight is 195 g/mol. The van der Waals surface area contributed by atoms with Gasteiger partial charge in [-0.2, -0.15) is 0 Å². The molecule has 1 aliphatic heterocycles. The van der Waals surface area contributed by atoms with Crippen molar-refractivity contribution in [2.24, 2.45) is 11.8 Å². The molecule has 0 aromatic carbocycles. The van der Waals surface area contributed by atoms with Crippen LogP contribution in [0.15, 0.2) is 12.2 Å². The van der Waals surface area contributed by atoms with Crippen molar-refractivity contribution in [2.75, 3.05) is 6.54 Å². The van der Waals surface area contributed by atoms with Crippen LogP contribution in [0.4, 0.5) is 0 Å². The first kappa shape index (κ1) is 10.2. The van der Waals surface area contributed by atoms with E-state index < -0.39 is 0 Å². The standard InChI is InChI=1S/C12H21NO/c1-9-4-2-5-10(8-9)12(14)11-6-3-7-13-11/h3,6,9-14H,2,4-5,7-8H2,1H3. The zero-order valence-electron chi connectivity index (χ0n) is 8.95. The Hall–Kier alpha value is -0.340. The first-order valence-electron chi connectivity index (χ1n) is 5.85. The SMILES string of the molecule is CC1CCCC(C(O)C2C=CCN2)C1. The predicted molar refractivity (Wildman–Crippen MR) is 58.1 cm³/mol. The molecule has 0 radical (unpaired) electrons. The Morgan fingerprint density at radius 3 is 2.93 bits per heavy atom. The van der Waals surface area contributed by atoms with Gasteiger partial charge in [0.05, 0.1) is 12.1 Å². The maximum atomic E-state index is 10.2. The van der Waals surface area contributed by atoms with Gasteiger partial charge in [-0.05, 0) is 24.7 Å². The van der Waals surface area contributed by atoms with E-state index in [0.717, 1.165) is 12.5 Å². The number of aliphatic hydroxyl groups is 1. The van der Waals surface area contributed by atoms with Crippen molar-refractivity contribution in [1.29, 1.82) is 0 Å². The minimum atomic E-state index is -0.170. The van der Waals surface area contributed by atoms with Crippen LogP contribution in [-0.2, 0) is 0 Å². The highest BCUT2D eigenvalue weighted by Gasteiger charge is 2.30. The molecular weight excluding hydrogens is 174 g/mol. The van der Waals surface area contributed by atoms with Crippen LogP contribution < -0.4 is 5.32 Å². The van der Waals surface area contributed by atoms with Gasteiger partial charge in [0.25, 0.3) is 0 Å². The second-order valence-electron chi connectivity index (χ2n) is 4.88. The van der Waals surface area contributed by atoms with Gasteiger partial charge in [-0.1, -0.05) is 31.9 Å². The molecule has 80 valence electrons. The lowest BCUT2D eigenvalue weighted by molar-refractivity contribution is 0.0555. The molecule has 1 saturated carbocycles. The van der Waals surface area contributed by atoms with Crippen LogP contribution >= 0.6 is 0 Å². The Kier molecular flexibility index (Phi) is 3.24. The third-order valence-electron chi connectivity index (χ3n) is 3.64. The van der Waals surface area contributed by atoms with E-state index >= 15 is 0 Å². The Bertz CT molecular complexity index is 214. The Labute approximate surface area is 86.4 Å². The molecule has 0 aromatic rings. The van der Waals surface area contributed by atoms with Crippen LogP contribution in [0.5, 0.6) is 0 Å². The molecule has 2 aliphatic rings. The molecule has 2 N–H and O–H groups in total. The van der Waals surface area contributed by atoms with E-state index in [1.165, 1.54) is 25.7 Å². The van der Waals surface area contributed by atoms with E-state index in [1.54, 1.807) is 0 Å². The highest BCUT2D eigenvalue weighted by Crippen LogP contribution is 2.32. The van der Waals surface area contributed by atoms with Crippen LogP contribution in [-0.4, -0.2) is 23.8 Å². The first-order valence-corrected chi connectivity index (χ1v) is 5.85. The van der Waals surface area contributed by atoms with Gasteiger partial charge in [0.15, 0.2) is 0 Å². The van der Waals surface area contributed by atoms with Gasteiger partial charge in [0.2, 0.25) is 0 Å². The molecule has 0 amide bonds. The molecule has 1 heterocycles. The molecule has 1 aliphatic carbocycles. The summed E-state index contributed by atoms with van der Waals surface area (Å²) in [4.78, 5) is 0. The summed E-state index contributed by atoms with van der Waals surface area (Å²) < 4.78 is 0. The van der Waals surface area contributed by atoms with E-state index in [2.05, 4.69) is 24.4 Å². The zero-order valence-corrected chi connectivity index (χ0v) is 8.95. The number of hydrogen-bond donors (Lipinski definition) is 2. The molecule has 14 heavy (non-hydrogen) atoms. The van der Waals surface area contributed by atoms with Crippen molar-refractivity contribution in [1.82, 2.24) is 5.32 Å². The summed E-state index contributed by atoms with van der Waals surface area (Å²) in [5.41, 5.74) is 0. The van der Waals surface area contributed by atoms with Crippen molar-refractivity contribution in [3.63, 3.8) is 0 Å². The molecule has 0 bridgehead atoms. The summed E-state index contributed by atoms with van der Waals surface area (Å²) in [6.45, 7) is 3.22. The fourth-order valence-corrected chi connectivity index (χ4v) is 2.81. The lowest BCUT2D eigenvalue weighted by Gasteiger charge is -2.32. The van der Waals surface area contributed by atoms with Crippen LogP contribution in [0.25, 0.3) is 0 Å². The van der Waals surface area contributed by atoms with Gasteiger partial charge in [-0.3, -0.25) is 0 Å². The number of aliphatic hydroxyl groups excluding tert-OH is 1. The number of rotatable bonds is 2. The molecule has 2 rings (SSSR count). The molecule has 4 unspecified atom stereocenters. The lowest BCUT2D eigenvalue weighted by Crippen LogP contribution is -2.41. The van der Waals surface area contributed by atoms with E-state index in [0.29, 0.717) is 5.92 Å². The van der Waals surface area contributed by atoms with Crippen LogP contribution in [0.2, 0.25) is 0 Å². The van der Waals surface area contributed by atoms with Gasteiger partial charge >= 0.3 is 0 Å². The Morgan fingerprint density at radius 1 is 1.43 bits per heavy atom. The maximum Gasteiger partial charge on any atom is 0.0757 e. The largest absolute Gasteiger partial charge is 0.391 e. The smallest absolute Gasteiger partial charge is 0.0757 e. The van der Waals surface area contributed by atoms with E-state index in [1.807, 2.05) is 0 Å². The monoisotopic (exact) mass is 195 g/mol. The van der Waals surface area contributed by atoms with E-state index in [-0.39, 0.29) is 12.1 Å². The molecular formula is C12H21NO. The molecule has 1 fully saturated rings. The van der Waals surface area contributed by atoms with Crippen LogP contribution in [0.3, 0.4) is 0 Å². The molecule has 0 aromatic heterocycles. The fraction of sp³-hybridized carbons (Fsp3) is 0.833. The second kappa shape index (κ2) is 4.45. The summed E-state index contributed by atoms with van der Waals surface area (Å²) in [6.07, 6.45) is 9.10. The van der Waals surface area contributed by atoms with E-state index in [4.69, 9.17) is 0 Å². The topological polar surface area (TPSA) is 32.3 Å².